The topological polar surface area (TPSA) is 82.4 Å². The van der Waals surface area contributed by atoms with Crippen molar-refractivity contribution in [3.8, 4) is 11.5 Å². The summed E-state index contributed by atoms with van der Waals surface area (Å²) in [6, 6.07) is 13.0. The van der Waals surface area contributed by atoms with E-state index >= 15 is 0 Å². The number of fused-ring (bicyclic) bond motifs is 1. The molecule has 176 valence electrons. The molecule has 0 aliphatic heterocycles. The molecule has 4 rings (SSSR count). The van der Waals surface area contributed by atoms with E-state index in [2.05, 4.69) is 15.0 Å². The van der Waals surface area contributed by atoms with Gasteiger partial charge in [-0.25, -0.2) is 4.98 Å². The molecule has 0 amide bonds. The van der Waals surface area contributed by atoms with Crippen LogP contribution in [-0.2, 0) is 13.1 Å². The van der Waals surface area contributed by atoms with Crippen LogP contribution >= 0.6 is 23.2 Å². The van der Waals surface area contributed by atoms with Crippen LogP contribution in [0.25, 0.3) is 11.2 Å². The van der Waals surface area contributed by atoms with Crippen LogP contribution in [0.3, 0.4) is 0 Å². The van der Waals surface area contributed by atoms with Crippen LogP contribution in [-0.4, -0.2) is 46.6 Å². The first kappa shape index (κ1) is 23.8. The minimum atomic E-state index is -0.193. The summed E-state index contributed by atoms with van der Waals surface area (Å²) in [6.45, 7) is 2.28. The lowest BCUT2D eigenvalue weighted by atomic mass is 10.1. The molecule has 0 saturated heterocycles. The fourth-order valence-corrected chi connectivity index (χ4v) is 4.15. The van der Waals surface area contributed by atoms with Gasteiger partial charge in [-0.2, -0.15) is 9.97 Å². The van der Waals surface area contributed by atoms with Gasteiger partial charge in [0.1, 0.15) is 11.5 Å². The van der Waals surface area contributed by atoms with Crippen LogP contribution in [0.2, 0.25) is 10.3 Å². The number of anilines is 1. The van der Waals surface area contributed by atoms with Gasteiger partial charge in [-0.3, -0.25) is 4.79 Å². The summed E-state index contributed by atoms with van der Waals surface area (Å²) in [7, 11) is 5.08. The van der Waals surface area contributed by atoms with Crippen LogP contribution < -0.4 is 14.4 Å². The van der Waals surface area contributed by atoms with Gasteiger partial charge in [-0.05, 0) is 41.4 Å². The first-order chi connectivity index (χ1) is 16.3. The maximum atomic E-state index is 12.5. The Balaban J connectivity index is 1.79. The molecule has 0 N–H and O–H groups in total. The fraction of sp³-hybridized carbons (Fsp3) is 0.250. The van der Waals surface area contributed by atoms with Gasteiger partial charge in [0, 0.05) is 37.2 Å². The third-order valence-corrected chi connectivity index (χ3v) is 5.76. The molecular formula is C24H23Cl2N5O3. The summed E-state index contributed by atoms with van der Waals surface area (Å²) in [5.41, 5.74) is 2.76. The molecule has 0 saturated carbocycles. The molecule has 0 atom stereocenters. The Hall–Kier alpha value is -3.36. The molecule has 34 heavy (non-hydrogen) atoms. The Bertz CT molecular complexity index is 1370. The second-order valence-electron chi connectivity index (χ2n) is 7.73. The lowest BCUT2D eigenvalue weighted by Crippen LogP contribution is -2.19. The molecule has 2 aromatic heterocycles. The Labute approximate surface area is 207 Å². The van der Waals surface area contributed by atoms with Gasteiger partial charge >= 0.3 is 0 Å². The van der Waals surface area contributed by atoms with E-state index in [4.69, 9.17) is 32.7 Å². The minimum absolute atomic E-state index is 0.0541. The quantitative estimate of drug-likeness (QED) is 0.248. The van der Waals surface area contributed by atoms with Crippen molar-refractivity contribution >= 4 is 46.0 Å². The second kappa shape index (κ2) is 9.87. The number of ether oxygens (including phenoxy) is 2. The molecule has 0 aliphatic rings. The molecule has 0 bridgehead atoms. The first-order valence-electron chi connectivity index (χ1n) is 10.4. The van der Waals surface area contributed by atoms with Crippen molar-refractivity contribution in [2.45, 2.75) is 20.0 Å². The monoisotopic (exact) mass is 499 g/mol. The maximum absolute atomic E-state index is 12.5. The number of halogens is 2. The van der Waals surface area contributed by atoms with E-state index in [1.165, 1.54) is 6.92 Å². The highest BCUT2D eigenvalue weighted by molar-refractivity contribution is 6.30. The van der Waals surface area contributed by atoms with E-state index in [1.807, 2.05) is 48.3 Å². The normalized spacial score (nSPS) is 11.0. The summed E-state index contributed by atoms with van der Waals surface area (Å²) < 4.78 is 12.5. The number of rotatable bonds is 8. The predicted molar refractivity (Wildman–Crippen MR) is 133 cm³/mol. The number of benzene rings is 2. The number of aromatic nitrogens is 4. The van der Waals surface area contributed by atoms with Gasteiger partial charge in [0.25, 0.3) is 0 Å². The smallest absolute Gasteiger partial charge is 0.226 e. The average molecular weight is 500 g/mol. The van der Waals surface area contributed by atoms with Crippen LogP contribution in [0.4, 0.5) is 5.82 Å². The molecule has 2 heterocycles. The highest BCUT2D eigenvalue weighted by Crippen LogP contribution is 2.30. The zero-order valence-electron chi connectivity index (χ0n) is 19.2. The van der Waals surface area contributed by atoms with Crippen molar-refractivity contribution in [2.75, 3.05) is 26.2 Å². The molecule has 10 heteroatoms. The van der Waals surface area contributed by atoms with Crippen molar-refractivity contribution in [3.05, 3.63) is 69.7 Å². The number of Topliss-reactive ketones (excluding diaryl/α,β-unsaturated/α-hetero) is 1. The number of hydrogen-bond donors (Lipinski definition) is 0. The molecule has 2 aromatic carbocycles. The molecule has 0 radical (unpaired) electrons. The molecule has 4 aromatic rings. The van der Waals surface area contributed by atoms with Crippen molar-refractivity contribution < 1.29 is 14.3 Å². The van der Waals surface area contributed by atoms with E-state index < -0.39 is 0 Å². The van der Waals surface area contributed by atoms with Crippen LogP contribution in [0.5, 0.6) is 11.5 Å². The van der Waals surface area contributed by atoms with Crippen molar-refractivity contribution in [1.82, 2.24) is 19.5 Å². The number of nitrogens with zero attached hydrogens (tertiary/aromatic N) is 5. The van der Waals surface area contributed by atoms with E-state index in [9.17, 15) is 4.79 Å². The summed E-state index contributed by atoms with van der Waals surface area (Å²) in [4.78, 5) is 27.8. The summed E-state index contributed by atoms with van der Waals surface area (Å²) in [5.74, 6) is 1.95. The number of carbonyl (C=O) groups excluding carboxylic acids is 1. The predicted octanol–water partition coefficient (Wildman–Crippen LogP) is 5.04. The van der Waals surface area contributed by atoms with Crippen molar-refractivity contribution in [3.63, 3.8) is 0 Å². The van der Waals surface area contributed by atoms with E-state index in [-0.39, 0.29) is 16.9 Å². The molecule has 0 unspecified atom stereocenters. The van der Waals surface area contributed by atoms with Gasteiger partial charge in [0.05, 0.1) is 20.8 Å². The number of imidazole rings is 1. The highest BCUT2D eigenvalue weighted by atomic mass is 35.5. The van der Waals surface area contributed by atoms with Gasteiger partial charge < -0.3 is 18.9 Å². The molecule has 0 aliphatic carbocycles. The summed E-state index contributed by atoms with van der Waals surface area (Å²) in [6.07, 6.45) is 0. The van der Waals surface area contributed by atoms with Gasteiger partial charge in [0.15, 0.2) is 28.6 Å². The first-order valence-corrected chi connectivity index (χ1v) is 11.2. The molecular weight excluding hydrogens is 477 g/mol. The van der Waals surface area contributed by atoms with E-state index in [0.717, 1.165) is 11.1 Å². The van der Waals surface area contributed by atoms with E-state index in [0.29, 0.717) is 46.6 Å². The maximum Gasteiger partial charge on any atom is 0.226 e. The lowest BCUT2D eigenvalue weighted by molar-refractivity contribution is 0.100. The Morgan fingerprint density at radius 1 is 1.06 bits per heavy atom. The standard InChI is InChI=1S/C24H23Cl2N5O3/c1-14(32)21-27-20-22(30(2)13-16-8-9-18(33-3)11-19(16)34-4)28-24(26)29-23(20)31(21)12-15-6-5-7-17(25)10-15/h5-11H,12-13H2,1-4H3. The Kier molecular flexibility index (Phi) is 6.90. The van der Waals surface area contributed by atoms with Gasteiger partial charge in [0.2, 0.25) is 5.28 Å². The number of methoxy groups -OCH3 is 2. The second-order valence-corrected chi connectivity index (χ2v) is 8.50. The number of carbonyl (C=O) groups is 1. The van der Waals surface area contributed by atoms with E-state index in [1.54, 1.807) is 24.9 Å². The van der Waals surface area contributed by atoms with Gasteiger partial charge in [-0.15, -0.1) is 0 Å². The van der Waals surface area contributed by atoms with Crippen molar-refractivity contribution in [1.29, 1.82) is 0 Å². The zero-order valence-corrected chi connectivity index (χ0v) is 20.7. The van der Waals surface area contributed by atoms with Crippen LogP contribution in [0.15, 0.2) is 42.5 Å². The highest BCUT2D eigenvalue weighted by Gasteiger charge is 2.22. The number of hydrogen-bond acceptors (Lipinski definition) is 7. The van der Waals surface area contributed by atoms with Crippen molar-refractivity contribution in [2.24, 2.45) is 0 Å². The van der Waals surface area contributed by atoms with Gasteiger partial charge in [-0.1, -0.05) is 23.7 Å². The summed E-state index contributed by atoms with van der Waals surface area (Å²) in [5, 5.41) is 0.659. The largest absolute Gasteiger partial charge is 0.497 e. The zero-order chi connectivity index (χ0) is 24.4. The molecule has 8 nitrogen and oxygen atoms in total. The molecule has 0 fully saturated rings. The van der Waals surface area contributed by atoms with Crippen LogP contribution in [0.1, 0.15) is 28.7 Å². The lowest BCUT2D eigenvalue weighted by Gasteiger charge is -2.20. The SMILES string of the molecule is COc1ccc(CN(C)c2nc(Cl)nc3c2nc(C(C)=O)n3Cc2cccc(Cl)c2)c(OC)c1. The Morgan fingerprint density at radius 2 is 1.85 bits per heavy atom. The Morgan fingerprint density at radius 3 is 2.53 bits per heavy atom. The third-order valence-electron chi connectivity index (χ3n) is 5.36. The minimum Gasteiger partial charge on any atom is -0.497 e. The van der Waals surface area contributed by atoms with Crippen LogP contribution in [0, 0.1) is 0 Å². The molecule has 0 spiro atoms. The number of ketones is 1. The summed E-state index contributed by atoms with van der Waals surface area (Å²) >= 11 is 12.5. The fourth-order valence-electron chi connectivity index (χ4n) is 3.78. The third kappa shape index (κ3) is 4.78. The average Bonchev–Trinajstić information content (AvgIpc) is 3.17.